The summed E-state index contributed by atoms with van der Waals surface area (Å²) in [5, 5.41) is 13.6. The van der Waals surface area contributed by atoms with Crippen LogP contribution >= 0.6 is 0 Å². The number of aryl methyl sites for hydroxylation is 1. The van der Waals surface area contributed by atoms with Gasteiger partial charge in [-0.3, -0.25) is 10.1 Å². The molecule has 1 N–H and O–H groups in total. The molecule has 0 saturated carbocycles. The fraction of sp³-hybridized carbons (Fsp3) is 0.455. The molecule has 0 aliphatic heterocycles. The molecule has 0 radical (unpaired) electrons. The lowest BCUT2D eigenvalue weighted by atomic mass is 10.2. The third kappa shape index (κ3) is 3.99. The third-order valence-electron chi connectivity index (χ3n) is 2.58. The van der Waals surface area contributed by atoms with Crippen LogP contribution in [-0.4, -0.2) is 31.4 Å². The van der Waals surface area contributed by atoms with Crippen LogP contribution in [0.25, 0.3) is 0 Å². The molecule has 18 heavy (non-hydrogen) atoms. The fourth-order valence-corrected chi connectivity index (χ4v) is 2.17. The summed E-state index contributed by atoms with van der Waals surface area (Å²) in [4.78, 5) is 10.2. The van der Waals surface area contributed by atoms with Crippen LogP contribution in [-0.2, 0) is 9.84 Å². The predicted molar refractivity (Wildman–Crippen MR) is 70.7 cm³/mol. The molecule has 0 saturated heterocycles. The highest BCUT2D eigenvalue weighted by atomic mass is 32.2. The minimum atomic E-state index is -2.99. The highest BCUT2D eigenvalue weighted by Gasteiger charge is 2.10. The molecular weight excluding hydrogens is 256 g/mol. The van der Waals surface area contributed by atoms with Crippen molar-refractivity contribution < 1.29 is 13.3 Å². The quantitative estimate of drug-likeness (QED) is 0.629. The first-order chi connectivity index (χ1) is 8.35. The maximum absolute atomic E-state index is 11.3. The Morgan fingerprint density at radius 3 is 2.56 bits per heavy atom. The van der Waals surface area contributed by atoms with Crippen LogP contribution in [0.2, 0.25) is 0 Å². The van der Waals surface area contributed by atoms with E-state index in [1.54, 1.807) is 26.0 Å². The van der Waals surface area contributed by atoms with E-state index in [0.29, 0.717) is 17.8 Å². The summed E-state index contributed by atoms with van der Waals surface area (Å²) in [6, 6.07) is 4.62. The summed E-state index contributed by atoms with van der Waals surface area (Å²) in [5.41, 5.74) is 1.29. The van der Waals surface area contributed by atoms with Gasteiger partial charge in [-0.2, -0.15) is 0 Å². The Morgan fingerprint density at radius 1 is 1.39 bits per heavy atom. The number of hydrogen-bond acceptors (Lipinski definition) is 5. The van der Waals surface area contributed by atoms with Gasteiger partial charge in [-0.25, -0.2) is 8.42 Å². The lowest BCUT2D eigenvalue weighted by Crippen LogP contribution is -2.17. The Bertz CT molecular complexity index is 540. The van der Waals surface area contributed by atoms with Gasteiger partial charge in [0.1, 0.15) is 0 Å². The van der Waals surface area contributed by atoms with Crippen molar-refractivity contribution in [3.8, 4) is 0 Å². The standard InChI is InChI=1S/C11H16N2O4S/c1-3-18(16,17)7-6-12-10-4-5-11(13(14)15)9(2)8-10/h4-5,8,12H,3,6-7H2,1-2H3. The van der Waals surface area contributed by atoms with Gasteiger partial charge in [0.2, 0.25) is 0 Å². The molecule has 0 amide bonds. The third-order valence-corrected chi connectivity index (χ3v) is 4.28. The molecule has 100 valence electrons. The molecule has 0 bridgehead atoms. The number of nitro benzene ring substituents is 1. The molecule has 0 fully saturated rings. The van der Waals surface area contributed by atoms with Gasteiger partial charge in [0.25, 0.3) is 5.69 Å². The summed E-state index contributed by atoms with van der Waals surface area (Å²) in [6.45, 7) is 3.55. The minimum absolute atomic E-state index is 0.0551. The number of rotatable bonds is 6. The summed E-state index contributed by atoms with van der Waals surface area (Å²) >= 11 is 0. The fourth-order valence-electron chi connectivity index (χ4n) is 1.47. The van der Waals surface area contributed by atoms with Gasteiger partial charge in [-0.1, -0.05) is 6.92 Å². The van der Waals surface area contributed by atoms with Crippen molar-refractivity contribution in [3.05, 3.63) is 33.9 Å². The maximum Gasteiger partial charge on any atom is 0.272 e. The number of anilines is 1. The second kappa shape index (κ2) is 5.81. The van der Waals surface area contributed by atoms with Crippen molar-refractivity contribution >= 4 is 21.2 Å². The van der Waals surface area contributed by atoms with E-state index in [9.17, 15) is 18.5 Å². The molecule has 1 rings (SSSR count). The largest absolute Gasteiger partial charge is 0.384 e. The molecule has 0 heterocycles. The highest BCUT2D eigenvalue weighted by Crippen LogP contribution is 2.21. The van der Waals surface area contributed by atoms with Crippen molar-refractivity contribution in [3.63, 3.8) is 0 Å². The van der Waals surface area contributed by atoms with Crippen molar-refractivity contribution in [2.75, 3.05) is 23.4 Å². The number of benzene rings is 1. The maximum atomic E-state index is 11.3. The lowest BCUT2D eigenvalue weighted by molar-refractivity contribution is -0.385. The van der Waals surface area contributed by atoms with Gasteiger partial charge >= 0.3 is 0 Å². The molecule has 0 spiro atoms. The molecular formula is C11H16N2O4S. The van der Waals surface area contributed by atoms with E-state index in [4.69, 9.17) is 0 Å². The zero-order valence-corrected chi connectivity index (χ0v) is 11.2. The predicted octanol–water partition coefficient (Wildman–Crippen LogP) is 1.75. The molecule has 6 nitrogen and oxygen atoms in total. The molecule has 1 aromatic rings. The van der Waals surface area contributed by atoms with Crippen LogP contribution in [0.4, 0.5) is 11.4 Å². The summed E-state index contributed by atoms with van der Waals surface area (Å²) in [5.74, 6) is 0.174. The Kier molecular flexibility index (Phi) is 4.66. The van der Waals surface area contributed by atoms with Gasteiger partial charge < -0.3 is 5.32 Å². The first kappa shape index (κ1) is 14.4. The Morgan fingerprint density at radius 2 is 2.06 bits per heavy atom. The number of nitro groups is 1. The second-order valence-electron chi connectivity index (χ2n) is 3.92. The zero-order chi connectivity index (χ0) is 13.8. The van der Waals surface area contributed by atoms with Crippen LogP contribution < -0.4 is 5.32 Å². The lowest BCUT2D eigenvalue weighted by Gasteiger charge is -2.07. The molecule has 1 aromatic carbocycles. The van der Waals surface area contributed by atoms with Gasteiger partial charge in [-0.05, 0) is 19.1 Å². The minimum Gasteiger partial charge on any atom is -0.384 e. The Labute approximate surface area is 106 Å². The van der Waals surface area contributed by atoms with E-state index in [1.165, 1.54) is 6.07 Å². The van der Waals surface area contributed by atoms with Crippen LogP contribution in [0.3, 0.4) is 0 Å². The molecule has 0 aliphatic carbocycles. The van der Waals surface area contributed by atoms with Crippen LogP contribution in [0.1, 0.15) is 12.5 Å². The second-order valence-corrected chi connectivity index (χ2v) is 6.39. The zero-order valence-electron chi connectivity index (χ0n) is 10.3. The average Bonchev–Trinajstić information content (AvgIpc) is 2.28. The van der Waals surface area contributed by atoms with Crippen LogP contribution in [0, 0.1) is 17.0 Å². The molecule has 0 aliphatic rings. The topological polar surface area (TPSA) is 89.3 Å². The molecule has 0 aromatic heterocycles. The van der Waals surface area contributed by atoms with Gasteiger partial charge in [0.15, 0.2) is 9.84 Å². The molecule has 7 heteroatoms. The van der Waals surface area contributed by atoms with Gasteiger partial charge in [0.05, 0.1) is 10.7 Å². The van der Waals surface area contributed by atoms with E-state index in [1.807, 2.05) is 0 Å². The van der Waals surface area contributed by atoms with E-state index < -0.39 is 14.8 Å². The van der Waals surface area contributed by atoms with Gasteiger partial charge in [-0.15, -0.1) is 0 Å². The van der Waals surface area contributed by atoms with Crippen molar-refractivity contribution in [1.82, 2.24) is 0 Å². The smallest absolute Gasteiger partial charge is 0.272 e. The number of sulfone groups is 1. The normalized spacial score (nSPS) is 11.2. The SMILES string of the molecule is CCS(=O)(=O)CCNc1ccc([N+](=O)[O-])c(C)c1. The Balaban J connectivity index is 2.65. The first-order valence-corrected chi connectivity index (χ1v) is 7.37. The monoisotopic (exact) mass is 272 g/mol. The summed E-state index contributed by atoms with van der Waals surface area (Å²) in [7, 11) is -2.99. The Hall–Kier alpha value is -1.63. The van der Waals surface area contributed by atoms with Crippen molar-refractivity contribution in [2.24, 2.45) is 0 Å². The summed E-state index contributed by atoms with van der Waals surface area (Å²) < 4.78 is 22.5. The number of nitrogens with one attached hydrogen (secondary N) is 1. The van der Waals surface area contributed by atoms with Crippen molar-refractivity contribution in [1.29, 1.82) is 0 Å². The first-order valence-electron chi connectivity index (χ1n) is 5.55. The van der Waals surface area contributed by atoms with E-state index >= 15 is 0 Å². The number of nitrogens with zero attached hydrogens (tertiary/aromatic N) is 1. The summed E-state index contributed by atoms with van der Waals surface area (Å²) in [6.07, 6.45) is 0. The molecule has 0 atom stereocenters. The average molecular weight is 272 g/mol. The van der Waals surface area contributed by atoms with E-state index in [-0.39, 0.29) is 17.2 Å². The van der Waals surface area contributed by atoms with Crippen LogP contribution in [0.5, 0.6) is 0 Å². The van der Waals surface area contributed by atoms with Crippen LogP contribution in [0.15, 0.2) is 18.2 Å². The van der Waals surface area contributed by atoms with Gasteiger partial charge in [0, 0.05) is 29.6 Å². The van der Waals surface area contributed by atoms with E-state index in [2.05, 4.69) is 5.32 Å². The van der Waals surface area contributed by atoms with Crippen molar-refractivity contribution in [2.45, 2.75) is 13.8 Å². The van der Waals surface area contributed by atoms with E-state index in [0.717, 1.165) is 0 Å². The highest BCUT2D eigenvalue weighted by molar-refractivity contribution is 7.91. The number of hydrogen-bond donors (Lipinski definition) is 1. The molecule has 0 unspecified atom stereocenters.